The summed E-state index contributed by atoms with van der Waals surface area (Å²) in [6.45, 7) is 5.79. The molecular formula is C13H15NO2. The molecule has 2 rings (SSSR count). The maximum absolute atomic E-state index is 10.9. The molecule has 1 aromatic heterocycles. The summed E-state index contributed by atoms with van der Waals surface area (Å²) < 4.78 is 0. The van der Waals surface area contributed by atoms with E-state index in [9.17, 15) is 4.79 Å². The highest BCUT2D eigenvalue weighted by atomic mass is 16.4. The standard InChI is InChI=1S/C13H15NO2/c1-7-4-5-10-6-11(9(3)13(15)16)14-12(10)8(7)2/h4-6,9,14H,1-3H3,(H,15,16). The number of carboxylic acids is 1. The summed E-state index contributed by atoms with van der Waals surface area (Å²) in [5.41, 5.74) is 4.20. The van der Waals surface area contributed by atoms with E-state index >= 15 is 0 Å². The lowest BCUT2D eigenvalue weighted by atomic mass is 10.1. The van der Waals surface area contributed by atoms with Crippen LogP contribution in [0.1, 0.15) is 29.7 Å². The number of hydrogen-bond donors (Lipinski definition) is 2. The molecule has 0 saturated heterocycles. The molecule has 1 atom stereocenters. The maximum Gasteiger partial charge on any atom is 0.312 e. The fraction of sp³-hybridized carbons (Fsp3) is 0.308. The molecule has 0 aliphatic carbocycles. The first-order valence-electron chi connectivity index (χ1n) is 5.32. The molecule has 0 bridgehead atoms. The zero-order valence-corrected chi connectivity index (χ0v) is 9.66. The van der Waals surface area contributed by atoms with Crippen molar-refractivity contribution in [3.05, 3.63) is 35.0 Å². The van der Waals surface area contributed by atoms with Gasteiger partial charge in [0.2, 0.25) is 0 Å². The second-order valence-corrected chi connectivity index (χ2v) is 4.26. The van der Waals surface area contributed by atoms with Crippen molar-refractivity contribution in [1.82, 2.24) is 4.98 Å². The Bertz CT molecular complexity index is 554. The number of benzene rings is 1. The van der Waals surface area contributed by atoms with Gasteiger partial charge in [0, 0.05) is 11.2 Å². The number of hydrogen-bond acceptors (Lipinski definition) is 1. The van der Waals surface area contributed by atoms with Crippen molar-refractivity contribution >= 4 is 16.9 Å². The lowest BCUT2D eigenvalue weighted by molar-refractivity contribution is -0.138. The topological polar surface area (TPSA) is 53.1 Å². The molecule has 0 fully saturated rings. The first-order chi connectivity index (χ1) is 7.50. The van der Waals surface area contributed by atoms with Gasteiger partial charge in [0.15, 0.2) is 0 Å². The quantitative estimate of drug-likeness (QED) is 0.812. The van der Waals surface area contributed by atoms with Crippen LogP contribution in [-0.4, -0.2) is 16.1 Å². The van der Waals surface area contributed by atoms with Gasteiger partial charge in [-0.1, -0.05) is 12.1 Å². The molecule has 16 heavy (non-hydrogen) atoms. The number of aliphatic carboxylic acids is 1. The molecule has 0 saturated carbocycles. The Morgan fingerprint density at radius 3 is 2.69 bits per heavy atom. The Hall–Kier alpha value is -1.77. The van der Waals surface area contributed by atoms with Crippen LogP contribution < -0.4 is 0 Å². The average Bonchev–Trinajstić information content (AvgIpc) is 2.67. The number of aromatic nitrogens is 1. The van der Waals surface area contributed by atoms with Crippen LogP contribution >= 0.6 is 0 Å². The molecule has 1 aromatic carbocycles. The normalized spacial score (nSPS) is 12.9. The monoisotopic (exact) mass is 217 g/mol. The molecule has 2 N–H and O–H groups in total. The van der Waals surface area contributed by atoms with Crippen LogP contribution in [0.5, 0.6) is 0 Å². The van der Waals surface area contributed by atoms with E-state index in [1.165, 1.54) is 11.1 Å². The third kappa shape index (κ3) is 1.58. The summed E-state index contributed by atoms with van der Waals surface area (Å²) in [6.07, 6.45) is 0. The number of aryl methyl sites for hydroxylation is 2. The Labute approximate surface area is 94.1 Å². The first-order valence-corrected chi connectivity index (χ1v) is 5.32. The summed E-state index contributed by atoms with van der Waals surface area (Å²) in [4.78, 5) is 14.1. The van der Waals surface area contributed by atoms with Crippen molar-refractivity contribution in [2.45, 2.75) is 26.7 Å². The van der Waals surface area contributed by atoms with Gasteiger partial charge in [-0.25, -0.2) is 0 Å². The zero-order valence-electron chi connectivity index (χ0n) is 9.66. The highest BCUT2D eigenvalue weighted by molar-refractivity contribution is 5.86. The van der Waals surface area contributed by atoms with E-state index in [0.29, 0.717) is 0 Å². The largest absolute Gasteiger partial charge is 0.481 e. The van der Waals surface area contributed by atoms with Crippen molar-refractivity contribution in [3.63, 3.8) is 0 Å². The lowest BCUT2D eigenvalue weighted by Gasteiger charge is -2.02. The van der Waals surface area contributed by atoms with Gasteiger partial charge in [-0.15, -0.1) is 0 Å². The SMILES string of the molecule is Cc1ccc2cc(C(C)C(=O)O)[nH]c2c1C. The molecule has 3 heteroatoms. The minimum absolute atomic E-state index is 0.493. The van der Waals surface area contributed by atoms with Crippen LogP contribution in [-0.2, 0) is 4.79 Å². The fourth-order valence-corrected chi connectivity index (χ4v) is 1.84. The van der Waals surface area contributed by atoms with Crippen LogP contribution in [0, 0.1) is 13.8 Å². The van der Waals surface area contributed by atoms with Crippen LogP contribution in [0.2, 0.25) is 0 Å². The summed E-state index contributed by atoms with van der Waals surface area (Å²) in [7, 11) is 0. The molecule has 1 heterocycles. The maximum atomic E-state index is 10.9. The van der Waals surface area contributed by atoms with E-state index in [4.69, 9.17) is 5.11 Å². The van der Waals surface area contributed by atoms with Gasteiger partial charge in [0.05, 0.1) is 5.92 Å². The number of aromatic amines is 1. The number of H-pyrrole nitrogens is 1. The van der Waals surface area contributed by atoms with Crippen molar-refractivity contribution < 1.29 is 9.90 Å². The number of carboxylic acid groups (broad SMARTS) is 1. The molecule has 84 valence electrons. The van der Waals surface area contributed by atoms with E-state index in [-0.39, 0.29) is 0 Å². The predicted molar refractivity (Wildman–Crippen MR) is 63.8 cm³/mol. The van der Waals surface area contributed by atoms with Gasteiger partial charge in [-0.05, 0) is 43.4 Å². The van der Waals surface area contributed by atoms with Crippen molar-refractivity contribution in [3.8, 4) is 0 Å². The molecule has 3 nitrogen and oxygen atoms in total. The smallest absolute Gasteiger partial charge is 0.312 e. The Morgan fingerprint density at radius 2 is 2.06 bits per heavy atom. The molecule has 1 unspecified atom stereocenters. The molecule has 2 aromatic rings. The summed E-state index contributed by atoms with van der Waals surface area (Å²) in [6, 6.07) is 5.99. The van der Waals surface area contributed by atoms with E-state index in [2.05, 4.69) is 18.0 Å². The van der Waals surface area contributed by atoms with Gasteiger partial charge < -0.3 is 10.1 Å². The van der Waals surface area contributed by atoms with E-state index in [0.717, 1.165) is 16.6 Å². The Morgan fingerprint density at radius 1 is 1.38 bits per heavy atom. The van der Waals surface area contributed by atoms with Crippen molar-refractivity contribution in [2.75, 3.05) is 0 Å². The molecule has 0 spiro atoms. The average molecular weight is 217 g/mol. The molecule has 0 aliphatic heterocycles. The van der Waals surface area contributed by atoms with Crippen LogP contribution in [0.15, 0.2) is 18.2 Å². The van der Waals surface area contributed by atoms with Crippen LogP contribution in [0.4, 0.5) is 0 Å². The van der Waals surface area contributed by atoms with E-state index < -0.39 is 11.9 Å². The van der Waals surface area contributed by atoms with E-state index in [1.807, 2.05) is 19.1 Å². The molecule has 0 aliphatic rings. The third-order valence-corrected chi connectivity index (χ3v) is 3.19. The lowest BCUT2D eigenvalue weighted by Crippen LogP contribution is -2.07. The van der Waals surface area contributed by atoms with Gasteiger partial charge in [0.25, 0.3) is 0 Å². The third-order valence-electron chi connectivity index (χ3n) is 3.19. The van der Waals surface area contributed by atoms with Gasteiger partial charge in [-0.2, -0.15) is 0 Å². The first kappa shape index (κ1) is 10.7. The number of carbonyl (C=O) groups is 1. The van der Waals surface area contributed by atoms with Crippen molar-refractivity contribution in [1.29, 1.82) is 0 Å². The predicted octanol–water partition coefficient (Wildman–Crippen LogP) is 2.97. The molecule has 0 radical (unpaired) electrons. The summed E-state index contributed by atoms with van der Waals surface area (Å²) >= 11 is 0. The minimum Gasteiger partial charge on any atom is -0.481 e. The van der Waals surface area contributed by atoms with Crippen LogP contribution in [0.25, 0.3) is 10.9 Å². The zero-order chi connectivity index (χ0) is 11.9. The molecule has 0 amide bonds. The second-order valence-electron chi connectivity index (χ2n) is 4.26. The Kier molecular flexibility index (Phi) is 2.46. The van der Waals surface area contributed by atoms with Gasteiger partial charge in [0.1, 0.15) is 0 Å². The van der Waals surface area contributed by atoms with Crippen LogP contribution in [0.3, 0.4) is 0 Å². The fourth-order valence-electron chi connectivity index (χ4n) is 1.84. The van der Waals surface area contributed by atoms with E-state index in [1.54, 1.807) is 6.92 Å². The highest BCUT2D eigenvalue weighted by Crippen LogP contribution is 2.25. The second kappa shape index (κ2) is 3.67. The summed E-state index contributed by atoms with van der Waals surface area (Å²) in [5, 5.41) is 10.0. The van der Waals surface area contributed by atoms with Gasteiger partial charge in [-0.3, -0.25) is 4.79 Å². The number of fused-ring (bicyclic) bond motifs is 1. The number of rotatable bonds is 2. The van der Waals surface area contributed by atoms with Gasteiger partial charge >= 0.3 is 5.97 Å². The molecular weight excluding hydrogens is 202 g/mol. The Balaban J connectivity index is 2.60. The highest BCUT2D eigenvalue weighted by Gasteiger charge is 2.16. The van der Waals surface area contributed by atoms with Crippen molar-refractivity contribution in [2.24, 2.45) is 0 Å². The number of nitrogens with one attached hydrogen (secondary N) is 1. The minimum atomic E-state index is -0.805. The summed E-state index contributed by atoms with van der Waals surface area (Å²) in [5.74, 6) is -1.30.